The molecule has 0 aromatic heterocycles. The average molecular weight is 239 g/mol. The van der Waals surface area contributed by atoms with Gasteiger partial charge in [0, 0.05) is 25.8 Å². The van der Waals surface area contributed by atoms with Crippen LogP contribution in [-0.4, -0.2) is 24.9 Å². The summed E-state index contributed by atoms with van der Waals surface area (Å²) in [7, 11) is 0. The molecule has 0 unspecified atom stereocenters. The summed E-state index contributed by atoms with van der Waals surface area (Å²) < 4.78 is 18.3. The van der Waals surface area contributed by atoms with E-state index < -0.39 is 5.82 Å². The van der Waals surface area contributed by atoms with Gasteiger partial charge in [-0.15, -0.1) is 0 Å². The van der Waals surface area contributed by atoms with Crippen molar-refractivity contribution in [3.05, 3.63) is 29.6 Å². The number of phenolic OH excluding ortho intramolecular Hbond substituents is 1. The van der Waals surface area contributed by atoms with Crippen molar-refractivity contribution in [1.82, 2.24) is 5.32 Å². The second-order valence-corrected chi connectivity index (χ2v) is 4.50. The maximum absolute atomic E-state index is 13.0. The van der Waals surface area contributed by atoms with Gasteiger partial charge in [0.1, 0.15) is 11.6 Å². The van der Waals surface area contributed by atoms with E-state index >= 15 is 0 Å². The minimum absolute atomic E-state index is 0.0205. The second kappa shape index (κ2) is 5.98. The molecular weight excluding hydrogens is 221 g/mol. The van der Waals surface area contributed by atoms with Crippen LogP contribution in [0.25, 0.3) is 0 Å². The Morgan fingerprint density at radius 2 is 2.06 bits per heavy atom. The zero-order valence-corrected chi connectivity index (χ0v) is 9.79. The number of hydrogen-bond acceptors (Lipinski definition) is 3. The number of phenols is 1. The van der Waals surface area contributed by atoms with Crippen LogP contribution in [0.15, 0.2) is 18.2 Å². The van der Waals surface area contributed by atoms with Gasteiger partial charge in [-0.25, -0.2) is 4.39 Å². The number of aromatic hydroxyl groups is 1. The zero-order chi connectivity index (χ0) is 12.1. The first-order chi connectivity index (χ1) is 8.24. The lowest BCUT2D eigenvalue weighted by Gasteiger charge is -2.22. The molecule has 0 radical (unpaired) electrons. The number of ether oxygens (including phenoxy) is 1. The minimum Gasteiger partial charge on any atom is -0.508 e. The molecule has 1 heterocycles. The molecule has 0 bridgehead atoms. The van der Waals surface area contributed by atoms with Gasteiger partial charge in [0.25, 0.3) is 0 Å². The predicted molar refractivity (Wildman–Crippen MR) is 63.3 cm³/mol. The molecule has 3 nitrogen and oxygen atoms in total. The van der Waals surface area contributed by atoms with Crippen molar-refractivity contribution in [3.8, 4) is 5.75 Å². The Hall–Kier alpha value is -1.13. The number of rotatable bonds is 4. The highest BCUT2D eigenvalue weighted by Crippen LogP contribution is 2.16. The summed E-state index contributed by atoms with van der Waals surface area (Å²) >= 11 is 0. The van der Waals surface area contributed by atoms with Crippen molar-refractivity contribution >= 4 is 0 Å². The molecule has 1 aliphatic heterocycles. The van der Waals surface area contributed by atoms with Gasteiger partial charge in [0.2, 0.25) is 0 Å². The summed E-state index contributed by atoms with van der Waals surface area (Å²) in [5, 5.41) is 12.6. The van der Waals surface area contributed by atoms with Crippen molar-refractivity contribution < 1.29 is 14.2 Å². The Balaban J connectivity index is 1.77. The highest BCUT2D eigenvalue weighted by Gasteiger charge is 2.12. The number of halogens is 1. The first kappa shape index (κ1) is 12.3. The molecule has 1 fully saturated rings. The fraction of sp³-hybridized carbons (Fsp3) is 0.538. The van der Waals surface area contributed by atoms with Crippen molar-refractivity contribution in [2.24, 2.45) is 5.92 Å². The molecule has 4 heteroatoms. The summed E-state index contributed by atoms with van der Waals surface area (Å²) in [6.07, 6.45) is 2.17. The molecule has 1 aromatic rings. The molecule has 0 spiro atoms. The maximum atomic E-state index is 13.0. The molecule has 17 heavy (non-hydrogen) atoms. The maximum Gasteiger partial charge on any atom is 0.127 e. The number of benzene rings is 1. The minimum atomic E-state index is -0.395. The normalized spacial score (nSPS) is 17.2. The summed E-state index contributed by atoms with van der Waals surface area (Å²) in [4.78, 5) is 0. The Labute approximate surface area is 101 Å². The third-order valence-corrected chi connectivity index (χ3v) is 3.05. The van der Waals surface area contributed by atoms with Crippen LogP contribution in [0.5, 0.6) is 5.75 Å². The highest BCUT2D eigenvalue weighted by molar-refractivity contribution is 5.28. The lowest BCUT2D eigenvalue weighted by atomic mass is 10.0. The van der Waals surface area contributed by atoms with Crippen LogP contribution in [0, 0.1) is 11.7 Å². The van der Waals surface area contributed by atoms with Gasteiger partial charge in [-0.3, -0.25) is 0 Å². The predicted octanol–water partition coefficient (Wildman–Crippen LogP) is 2.05. The van der Waals surface area contributed by atoms with Gasteiger partial charge in [0.05, 0.1) is 0 Å². The van der Waals surface area contributed by atoms with Gasteiger partial charge in [0.15, 0.2) is 0 Å². The molecule has 0 saturated carbocycles. The van der Waals surface area contributed by atoms with E-state index in [2.05, 4.69) is 5.32 Å². The van der Waals surface area contributed by atoms with Gasteiger partial charge in [-0.1, -0.05) is 0 Å². The van der Waals surface area contributed by atoms with Gasteiger partial charge in [-0.2, -0.15) is 0 Å². The SMILES string of the molecule is Oc1cc(F)cc(CNCC2CCOCC2)c1. The molecule has 0 atom stereocenters. The van der Waals surface area contributed by atoms with Crippen LogP contribution in [-0.2, 0) is 11.3 Å². The van der Waals surface area contributed by atoms with Crippen LogP contribution in [0.3, 0.4) is 0 Å². The van der Waals surface area contributed by atoms with Crippen molar-refractivity contribution in [2.75, 3.05) is 19.8 Å². The molecular formula is C13H18FNO2. The van der Waals surface area contributed by atoms with E-state index in [0.717, 1.165) is 44.2 Å². The lowest BCUT2D eigenvalue weighted by molar-refractivity contribution is 0.0662. The molecule has 1 saturated heterocycles. The Morgan fingerprint density at radius 1 is 1.29 bits per heavy atom. The molecule has 0 aliphatic carbocycles. The van der Waals surface area contributed by atoms with Crippen molar-refractivity contribution in [2.45, 2.75) is 19.4 Å². The van der Waals surface area contributed by atoms with E-state index in [1.165, 1.54) is 6.07 Å². The molecule has 1 aromatic carbocycles. The number of nitrogens with one attached hydrogen (secondary N) is 1. The monoisotopic (exact) mass is 239 g/mol. The Bertz CT molecular complexity index is 344. The standard InChI is InChI=1S/C13H18FNO2/c14-12-5-11(6-13(16)7-12)9-15-8-10-1-3-17-4-2-10/h5-7,10,15-16H,1-4,8-9H2. The summed E-state index contributed by atoms with van der Waals surface area (Å²) in [6.45, 7) is 3.18. The van der Waals surface area contributed by atoms with E-state index in [9.17, 15) is 9.50 Å². The summed E-state index contributed by atoms with van der Waals surface area (Å²) in [6, 6.07) is 4.14. The highest BCUT2D eigenvalue weighted by atomic mass is 19.1. The number of hydrogen-bond donors (Lipinski definition) is 2. The van der Waals surface area contributed by atoms with Crippen molar-refractivity contribution in [1.29, 1.82) is 0 Å². The summed E-state index contributed by atoms with van der Waals surface area (Å²) in [5.41, 5.74) is 0.773. The smallest absolute Gasteiger partial charge is 0.127 e. The van der Waals surface area contributed by atoms with Crippen LogP contribution in [0.4, 0.5) is 4.39 Å². The van der Waals surface area contributed by atoms with Gasteiger partial charge >= 0.3 is 0 Å². The first-order valence-electron chi connectivity index (χ1n) is 6.01. The molecule has 0 amide bonds. The second-order valence-electron chi connectivity index (χ2n) is 4.50. The fourth-order valence-electron chi connectivity index (χ4n) is 2.11. The van der Waals surface area contributed by atoms with E-state index in [4.69, 9.17) is 4.74 Å². The van der Waals surface area contributed by atoms with Crippen LogP contribution in [0.1, 0.15) is 18.4 Å². The molecule has 1 aliphatic rings. The first-order valence-corrected chi connectivity index (χ1v) is 6.01. The van der Waals surface area contributed by atoms with Crippen LogP contribution >= 0.6 is 0 Å². The zero-order valence-electron chi connectivity index (χ0n) is 9.79. The quantitative estimate of drug-likeness (QED) is 0.845. The van der Waals surface area contributed by atoms with Gasteiger partial charge < -0.3 is 15.2 Å². The largest absolute Gasteiger partial charge is 0.508 e. The summed E-state index contributed by atoms with van der Waals surface area (Å²) in [5.74, 6) is 0.228. The Morgan fingerprint density at radius 3 is 2.76 bits per heavy atom. The van der Waals surface area contributed by atoms with E-state index in [-0.39, 0.29) is 5.75 Å². The van der Waals surface area contributed by atoms with Crippen LogP contribution in [0.2, 0.25) is 0 Å². The average Bonchev–Trinajstić information content (AvgIpc) is 2.29. The third kappa shape index (κ3) is 3.98. The van der Waals surface area contributed by atoms with E-state index in [0.29, 0.717) is 12.5 Å². The fourth-order valence-corrected chi connectivity index (χ4v) is 2.11. The topological polar surface area (TPSA) is 41.5 Å². The molecule has 94 valence electrons. The molecule has 2 N–H and O–H groups in total. The lowest BCUT2D eigenvalue weighted by Crippen LogP contribution is -2.27. The van der Waals surface area contributed by atoms with Crippen molar-refractivity contribution in [3.63, 3.8) is 0 Å². The van der Waals surface area contributed by atoms with Gasteiger partial charge in [-0.05, 0) is 43.0 Å². The Kier molecular flexibility index (Phi) is 4.34. The third-order valence-electron chi connectivity index (χ3n) is 3.05. The van der Waals surface area contributed by atoms with E-state index in [1.54, 1.807) is 6.07 Å². The van der Waals surface area contributed by atoms with Crippen LogP contribution < -0.4 is 5.32 Å². The molecule has 2 rings (SSSR count). The van der Waals surface area contributed by atoms with E-state index in [1.807, 2.05) is 0 Å².